The second-order valence-electron chi connectivity index (χ2n) is 10.8. The summed E-state index contributed by atoms with van der Waals surface area (Å²) in [5.74, 6) is -0.757. The van der Waals surface area contributed by atoms with Crippen LogP contribution in [0.15, 0.2) is 18.2 Å². The maximum absolute atomic E-state index is 14.4. The third kappa shape index (κ3) is 8.08. The SMILES string of the molecule is COc1ccc(OC2CCN(c3nc4c(nc3NC3CCC3)CN(C(=O)N(C)C)CC4)CC2)c(F)c1.O=C(O)C(F)(F)F. The lowest BCUT2D eigenvalue weighted by atomic mass is 9.93. The smallest absolute Gasteiger partial charge is 0.490 e. The molecule has 1 aromatic heterocycles. The highest BCUT2D eigenvalue weighted by Crippen LogP contribution is 2.33. The van der Waals surface area contributed by atoms with Gasteiger partial charge in [-0.3, -0.25) is 0 Å². The van der Waals surface area contributed by atoms with Gasteiger partial charge in [-0.25, -0.2) is 23.9 Å². The molecule has 2 aromatic rings. The predicted octanol–water partition coefficient (Wildman–Crippen LogP) is 4.31. The van der Waals surface area contributed by atoms with Gasteiger partial charge in [0.2, 0.25) is 0 Å². The number of carboxylic acids is 1. The molecular formula is C28H36F4N6O5. The van der Waals surface area contributed by atoms with Crippen molar-refractivity contribution in [2.75, 3.05) is 51.1 Å². The number of urea groups is 1. The van der Waals surface area contributed by atoms with Crippen LogP contribution in [0.2, 0.25) is 0 Å². The van der Waals surface area contributed by atoms with Gasteiger partial charge in [0.25, 0.3) is 0 Å². The predicted molar refractivity (Wildman–Crippen MR) is 149 cm³/mol. The standard InChI is InChI=1S/C26H35FN6O3.C2HF3O2/c1-31(2)26(34)33-14-11-21-22(16-33)29-24(28-17-5-4-6-17)25(30-21)32-12-9-18(10-13-32)36-23-8-7-19(35-3)15-20(23)27;3-2(4,5)1(6)7/h7-8,15,17-18H,4-6,9-14,16H2,1-3H3,(H,28,29);(H,6,7). The van der Waals surface area contributed by atoms with Gasteiger partial charge >= 0.3 is 18.2 Å². The summed E-state index contributed by atoms with van der Waals surface area (Å²) in [5, 5.41) is 10.7. The van der Waals surface area contributed by atoms with Gasteiger partial charge in [0, 0.05) is 65.1 Å². The number of hydrogen-bond acceptors (Lipinski definition) is 8. The lowest BCUT2D eigenvalue weighted by Crippen LogP contribution is -2.43. The van der Waals surface area contributed by atoms with Crippen molar-refractivity contribution in [2.24, 2.45) is 0 Å². The lowest BCUT2D eigenvalue weighted by Gasteiger charge is -2.36. The Bertz CT molecular complexity index is 1300. The maximum Gasteiger partial charge on any atom is 0.490 e. The van der Waals surface area contributed by atoms with Crippen LogP contribution in [0.4, 0.5) is 34.0 Å². The third-order valence-electron chi connectivity index (χ3n) is 7.51. The number of alkyl halides is 3. The molecule has 1 saturated carbocycles. The average molecular weight is 613 g/mol. The van der Waals surface area contributed by atoms with E-state index in [9.17, 15) is 22.4 Å². The van der Waals surface area contributed by atoms with Crippen LogP contribution < -0.4 is 19.7 Å². The second-order valence-corrected chi connectivity index (χ2v) is 10.8. The zero-order chi connectivity index (χ0) is 31.3. The van der Waals surface area contributed by atoms with Crippen LogP contribution in [0, 0.1) is 5.82 Å². The first kappa shape index (κ1) is 31.9. The maximum atomic E-state index is 14.4. The van der Waals surface area contributed by atoms with Crippen LogP contribution in [0.5, 0.6) is 11.5 Å². The van der Waals surface area contributed by atoms with Gasteiger partial charge in [0.1, 0.15) is 11.9 Å². The Balaban J connectivity index is 0.000000541. The minimum atomic E-state index is -5.08. The Labute approximate surface area is 246 Å². The summed E-state index contributed by atoms with van der Waals surface area (Å²) in [5.41, 5.74) is 1.83. The van der Waals surface area contributed by atoms with E-state index >= 15 is 0 Å². The number of anilines is 2. The van der Waals surface area contributed by atoms with Gasteiger partial charge < -0.3 is 34.6 Å². The Kier molecular flexibility index (Phi) is 10.0. The molecule has 43 heavy (non-hydrogen) atoms. The first-order valence-electron chi connectivity index (χ1n) is 14.0. The van der Waals surface area contributed by atoms with E-state index in [2.05, 4.69) is 10.2 Å². The number of halogens is 4. The molecule has 15 heteroatoms. The van der Waals surface area contributed by atoms with Gasteiger partial charge in [-0.05, 0) is 31.4 Å². The van der Waals surface area contributed by atoms with E-state index in [1.165, 1.54) is 19.6 Å². The van der Waals surface area contributed by atoms with E-state index in [1.54, 1.807) is 31.1 Å². The summed E-state index contributed by atoms with van der Waals surface area (Å²) in [7, 11) is 5.06. The molecular weight excluding hydrogens is 576 g/mol. The molecule has 1 saturated heterocycles. The Morgan fingerprint density at radius 3 is 2.28 bits per heavy atom. The Hall–Kier alpha value is -4.04. The summed E-state index contributed by atoms with van der Waals surface area (Å²) >= 11 is 0. The summed E-state index contributed by atoms with van der Waals surface area (Å²) < 4.78 is 57.2. The van der Waals surface area contributed by atoms with E-state index in [1.807, 2.05) is 4.90 Å². The fourth-order valence-corrected chi connectivity index (χ4v) is 4.90. The number of hydrogen-bond donors (Lipinski definition) is 2. The number of aliphatic carboxylic acids is 1. The molecule has 1 aliphatic carbocycles. The zero-order valence-corrected chi connectivity index (χ0v) is 24.3. The highest BCUT2D eigenvalue weighted by atomic mass is 19.4. The molecule has 1 aromatic carbocycles. The minimum absolute atomic E-state index is 0.00426. The van der Waals surface area contributed by atoms with Gasteiger partial charge in [0.15, 0.2) is 23.2 Å². The quantitative estimate of drug-likeness (QED) is 0.460. The molecule has 5 rings (SSSR count). The fourth-order valence-electron chi connectivity index (χ4n) is 4.90. The first-order chi connectivity index (χ1) is 20.3. The number of fused-ring (bicyclic) bond motifs is 1. The van der Waals surface area contributed by atoms with Crippen molar-refractivity contribution >= 4 is 23.6 Å². The second kappa shape index (κ2) is 13.5. The number of methoxy groups -OCH3 is 1. The van der Waals surface area contributed by atoms with Crippen molar-refractivity contribution in [1.29, 1.82) is 0 Å². The van der Waals surface area contributed by atoms with Crippen LogP contribution in [0.3, 0.4) is 0 Å². The molecule has 0 atom stereocenters. The topological polar surface area (TPSA) is 120 Å². The lowest BCUT2D eigenvalue weighted by molar-refractivity contribution is -0.192. The van der Waals surface area contributed by atoms with Crippen molar-refractivity contribution in [3.63, 3.8) is 0 Å². The normalized spacial score (nSPS) is 17.2. The first-order valence-corrected chi connectivity index (χ1v) is 14.0. The van der Waals surface area contributed by atoms with Crippen LogP contribution in [-0.4, -0.2) is 96.0 Å². The van der Waals surface area contributed by atoms with Crippen molar-refractivity contribution in [3.05, 3.63) is 35.4 Å². The molecule has 3 aliphatic rings. The molecule has 2 amide bonds. The summed E-state index contributed by atoms with van der Waals surface area (Å²) in [6, 6.07) is 5.09. The van der Waals surface area contributed by atoms with Crippen molar-refractivity contribution in [3.8, 4) is 11.5 Å². The summed E-state index contributed by atoms with van der Waals surface area (Å²) in [6.07, 6.45) is 0.551. The summed E-state index contributed by atoms with van der Waals surface area (Å²) in [6.45, 7) is 2.61. The number of amides is 2. The fraction of sp³-hybridized carbons (Fsp3) is 0.571. The molecule has 2 N–H and O–H groups in total. The van der Waals surface area contributed by atoms with E-state index in [0.29, 0.717) is 31.3 Å². The number of nitrogens with one attached hydrogen (secondary N) is 1. The summed E-state index contributed by atoms with van der Waals surface area (Å²) in [4.78, 5) is 37.1. The molecule has 11 nitrogen and oxygen atoms in total. The number of ether oxygens (including phenoxy) is 2. The third-order valence-corrected chi connectivity index (χ3v) is 7.51. The molecule has 0 bridgehead atoms. The largest absolute Gasteiger partial charge is 0.497 e. The Morgan fingerprint density at radius 2 is 1.74 bits per heavy atom. The van der Waals surface area contributed by atoms with Crippen LogP contribution >= 0.6 is 0 Å². The number of carboxylic acid groups (broad SMARTS) is 1. The van der Waals surface area contributed by atoms with Gasteiger partial charge in [-0.1, -0.05) is 0 Å². The van der Waals surface area contributed by atoms with E-state index in [0.717, 1.165) is 61.8 Å². The Morgan fingerprint density at radius 1 is 1.07 bits per heavy atom. The molecule has 3 heterocycles. The highest BCUT2D eigenvalue weighted by Gasteiger charge is 2.38. The number of aromatic nitrogens is 2. The molecule has 0 unspecified atom stereocenters. The minimum Gasteiger partial charge on any atom is -0.497 e. The van der Waals surface area contributed by atoms with Crippen molar-refractivity contribution in [1.82, 2.24) is 19.8 Å². The van der Waals surface area contributed by atoms with Crippen LogP contribution in [-0.2, 0) is 17.8 Å². The van der Waals surface area contributed by atoms with E-state index in [-0.39, 0.29) is 17.9 Å². The van der Waals surface area contributed by atoms with Crippen LogP contribution in [0.1, 0.15) is 43.5 Å². The van der Waals surface area contributed by atoms with E-state index in [4.69, 9.17) is 29.3 Å². The molecule has 236 valence electrons. The highest BCUT2D eigenvalue weighted by molar-refractivity contribution is 5.74. The number of carbonyl (C=O) groups excluding carboxylic acids is 1. The van der Waals surface area contributed by atoms with Crippen LogP contribution in [0.25, 0.3) is 0 Å². The number of carbonyl (C=O) groups is 2. The van der Waals surface area contributed by atoms with Gasteiger partial charge in [-0.2, -0.15) is 13.2 Å². The molecule has 0 spiro atoms. The molecule has 2 aliphatic heterocycles. The van der Waals surface area contributed by atoms with Crippen molar-refractivity contribution < 1.29 is 41.7 Å². The molecule has 2 fully saturated rings. The molecule has 0 radical (unpaired) electrons. The zero-order valence-electron chi connectivity index (χ0n) is 24.3. The van der Waals surface area contributed by atoms with Gasteiger partial charge in [0.05, 0.1) is 25.0 Å². The van der Waals surface area contributed by atoms with Crippen molar-refractivity contribution in [2.45, 2.75) is 63.4 Å². The van der Waals surface area contributed by atoms with E-state index < -0.39 is 18.0 Å². The number of rotatable bonds is 6. The number of nitrogens with zero attached hydrogens (tertiary/aromatic N) is 5. The van der Waals surface area contributed by atoms with Gasteiger partial charge in [-0.15, -0.1) is 0 Å². The number of piperidine rings is 1. The average Bonchev–Trinajstić information content (AvgIpc) is 2.95. The number of benzene rings is 1. The monoisotopic (exact) mass is 612 g/mol.